The first kappa shape index (κ1) is 11.0. The van der Waals surface area contributed by atoms with Gasteiger partial charge < -0.3 is 14.2 Å². The van der Waals surface area contributed by atoms with Gasteiger partial charge in [-0.15, -0.1) is 0 Å². The van der Waals surface area contributed by atoms with Crippen LogP contribution in [-0.4, -0.2) is 33.4 Å². The Labute approximate surface area is 72.1 Å². The first-order valence-corrected chi connectivity index (χ1v) is 3.48. The molecule has 0 aromatic carbocycles. The second-order valence-electron chi connectivity index (χ2n) is 2.18. The molecule has 0 heterocycles. The van der Waals surface area contributed by atoms with Crippen molar-refractivity contribution in [1.82, 2.24) is 0 Å². The third-order valence-electron chi connectivity index (χ3n) is 1.49. The van der Waals surface area contributed by atoms with Crippen LogP contribution in [0.2, 0.25) is 0 Å². The van der Waals surface area contributed by atoms with Gasteiger partial charge in [-0.3, -0.25) is 4.79 Å². The van der Waals surface area contributed by atoms with Crippen LogP contribution in [0, 0.1) is 0 Å². The van der Waals surface area contributed by atoms with Gasteiger partial charge >= 0.3 is 5.97 Å². The number of esters is 1. The van der Waals surface area contributed by atoms with Crippen LogP contribution in [0.1, 0.15) is 6.42 Å². The Kier molecular flexibility index (Phi) is 5.12. The van der Waals surface area contributed by atoms with E-state index in [0.717, 1.165) is 0 Å². The smallest absolute Gasteiger partial charge is 0.308 e. The Morgan fingerprint density at radius 3 is 2.25 bits per heavy atom. The second-order valence-corrected chi connectivity index (χ2v) is 2.18. The number of rotatable bonds is 5. The molecule has 0 saturated carbocycles. The van der Waals surface area contributed by atoms with Crippen LogP contribution >= 0.6 is 0 Å². The molecule has 70 valence electrons. The third-order valence-corrected chi connectivity index (χ3v) is 1.49. The predicted molar refractivity (Wildman–Crippen MR) is 43.6 cm³/mol. The molecule has 1 unspecified atom stereocenters. The summed E-state index contributed by atoms with van der Waals surface area (Å²) >= 11 is 0. The van der Waals surface area contributed by atoms with Gasteiger partial charge in [0.1, 0.15) is 11.9 Å². The zero-order chi connectivity index (χ0) is 9.56. The predicted octanol–water partition coefficient (Wildman–Crippen LogP) is 0.725. The first-order valence-electron chi connectivity index (χ1n) is 3.48. The van der Waals surface area contributed by atoms with E-state index in [9.17, 15) is 4.79 Å². The molecular formula is C8H14O4. The number of hydrogen-bond acceptors (Lipinski definition) is 4. The molecule has 0 aliphatic heterocycles. The van der Waals surface area contributed by atoms with Gasteiger partial charge in [-0.1, -0.05) is 6.58 Å². The maximum absolute atomic E-state index is 10.8. The Balaban J connectivity index is 3.99. The molecule has 0 N–H and O–H groups in total. The van der Waals surface area contributed by atoms with Crippen LogP contribution in [0.15, 0.2) is 12.3 Å². The number of carbonyl (C=O) groups excluding carboxylic acids is 1. The molecule has 0 spiro atoms. The summed E-state index contributed by atoms with van der Waals surface area (Å²) in [6.45, 7) is 3.58. The molecule has 4 nitrogen and oxygen atoms in total. The Morgan fingerprint density at radius 2 is 1.92 bits per heavy atom. The average molecular weight is 174 g/mol. The highest BCUT2D eigenvalue weighted by molar-refractivity contribution is 5.70. The van der Waals surface area contributed by atoms with Crippen molar-refractivity contribution in [3.05, 3.63) is 12.3 Å². The molecule has 0 rings (SSSR count). The van der Waals surface area contributed by atoms with Crippen LogP contribution in [0.25, 0.3) is 0 Å². The van der Waals surface area contributed by atoms with Crippen molar-refractivity contribution in [3.63, 3.8) is 0 Å². The lowest BCUT2D eigenvalue weighted by molar-refractivity contribution is -0.143. The van der Waals surface area contributed by atoms with Crippen molar-refractivity contribution in [2.75, 3.05) is 21.3 Å². The molecular weight excluding hydrogens is 160 g/mol. The van der Waals surface area contributed by atoms with Crippen LogP contribution in [-0.2, 0) is 19.0 Å². The van der Waals surface area contributed by atoms with E-state index in [0.29, 0.717) is 5.76 Å². The van der Waals surface area contributed by atoms with Crippen molar-refractivity contribution in [1.29, 1.82) is 0 Å². The first-order chi connectivity index (χ1) is 5.65. The molecule has 0 amide bonds. The minimum absolute atomic E-state index is 0.125. The fourth-order valence-corrected chi connectivity index (χ4v) is 0.695. The van der Waals surface area contributed by atoms with Gasteiger partial charge in [0.15, 0.2) is 0 Å². The van der Waals surface area contributed by atoms with E-state index >= 15 is 0 Å². The summed E-state index contributed by atoms with van der Waals surface area (Å²) in [6.07, 6.45) is -0.304. The summed E-state index contributed by atoms with van der Waals surface area (Å²) in [5.41, 5.74) is 0. The molecule has 0 bridgehead atoms. The SMILES string of the molecule is C=C(OC)C(CC(=O)OC)OC. The summed E-state index contributed by atoms with van der Waals surface area (Å²) in [7, 11) is 4.29. The third kappa shape index (κ3) is 3.39. The highest BCUT2D eigenvalue weighted by atomic mass is 16.5. The Hall–Kier alpha value is -1.03. The van der Waals surface area contributed by atoms with Crippen LogP contribution in [0.3, 0.4) is 0 Å². The van der Waals surface area contributed by atoms with Crippen molar-refractivity contribution in [2.24, 2.45) is 0 Å². The fourth-order valence-electron chi connectivity index (χ4n) is 0.695. The Bertz CT molecular complexity index is 164. The van der Waals surface area contributed by atoms with Gasteiger partial charge in [0.2, 0.25) is 0 Å². The lowest BCUT2D eigenvalue weighted by Gasteiger charge is -2.14. The highest BCUT2D eigenvalue weighted by Crippen LogP contribution is 2.09. The molecule has 1 atom stereocenters. The lowest BCUT2D eigenvalue weighted by atomic mass is 10.2. The van der Waals surface area contributed by atoms with E-state index in [1.165, 1.54) is 21.3 Å². The summed E-state index contributed by atoms with van der Waals surface area (Å²) < 4.78 is 14.2. The van der Waals surface area contributed by atoms with E-state index in [4.69, 9.17) is 9.47 Å². The van der Waals surface area contributed by atoms with E-state index < -0.39 is 6.10 Å². The van der Waals surface area contributed by atoms with Gasteiger partial charge in [-0.25, -0.2) is 0 Å². The number of methoxy groups -OCH3 is 3. The summed E-state index contributed by atoms with van der Waals surface area (Å²) in [4.78, 5) is 10.8. The monoisotopic (exact) mass is 174 g/mol. The van der Waals surface area contributed by atoms with E-state index in [1.807, 2.05) is 0 Å². The summed E-state index contributed by atoms with van der Waals surface area (Å²) in [5.74, 6) is 0.0722. The minimum Gasteiger partial charge on any atom is -0.499 e. The Morgan fingerprint density at radius 1 is 1.33 bits per heavy atom. The fraction of sp³-hybridized carbons (Fsp3) is 0.625. The largest absolute Gasteiger partial charge is 0.499 e. The zero-order valence-corrected chi connectivity index (χ0v) is 7.62. The van der Waals surface area contributed by atoms with Gasteiger partial charge in [0.25, 0.3) is 0 Å². The van der Waals surface area contributed by atoms with Gasteiger partial charge in [-0.05, 0) is 0 Å². The zero-order valence-electron chi connectivity index (χ0n) is 7.62. The molecule has 0 aromatic heterocycles. The van der Waals surface area contributed by atoms with Crippen molar-refractivity contribution in [3.8, 4) is 0 Å². The summed E-state index contributed by atoms with van der Waals surface area (Å²) in [6, 6.07) is 0. The van der Waals surface area contributed by atoms with Gasteiger partial charge in [0.05, 0.1) is 20.6 Å². The highest BCUT2D eigenvalue weighted by Gasteiger charge is 2.16. The lowest BCUT2D eigenvalue weighted by Crippen LogP contribution is -2.19. The molecule has 4 heteroatoms. The second kappa shape index (κ2) is 5.60. The molecule has 0 aliphatic carbocycles. The molecule has 0 fully saturated rings. The van der Waals surface area contributed by atoms with E-state index in [1.54, 1.807) is 0 Å². The van der Waals surface area contributed by atoms with Crippen molar-refractivity contribution >= 4 is 5.97 Å². The van der Waals surface area contributed by atoms with E-state index in [-0.39, 0.29) is 12.4 Å². The minimum atomic E-state index is -0.428. The quantitative estimate of drug-likeness (QED) is 0.455. The number of hydrogen-bond donors (Lipinski definition) is 0. The molecule has 0 radical (unpaired) electrons. The maximum atomic E-state index is 10.8. The summed E-state index contributed by atoms with van der Waals surface area (Å²) in [5, 5.41) is 0. The molecule has 0 aromatic rings. The van der Waals surface area contributed by atoms with Crippen molar-refractivity contribution in [2.45, 2.75) is 12.5 Å². The standard InChI is InChI=1S/C8H14O4/c1-6(10-2)7(11-3)5-8(9)12-4/h7H,1,5H2,2-4H3. The average Bonchev–Trinajstić information content (AvgIpc) is 2.12. The molecule has 12 heavy (non-hydrogen) atoms. The molecule has 0 saturated heterocycles. The number of ether oxygens (including phenoxy) is 3. The van der Waals surface area contributed by atoms with E-state index in [2.05, 4.69) is 11.3 Å². The van der Waals surface area contributed by atoms with Crippen LogP contribution < -0.4 is 0 Å². The molecule has 0 aliphatic rings. The maximum Gasteiger partial charge on any atom is 0.308 e. The van der Waals surface area contributed by atoms with Crippen LogP contribution in [0.5, 0.6) is 0 Å². The topological polar surface area (TPSA) is 44.8 Å². The van der Waals surface area contributed by atoms with Gasteiger partial charge in [0, 0.05) is 7.11 Å². The van der Waals surface area contributed by atoms with Crippen LogP contribution in [0.4, 0.5) is 0 Å². The van der Waals surface area contributed by atoms with Gasteiger partial charge in [-0.2, -0.15) is 0 Å². The number of carbonyl (C=O) groups is 1. The normalized spacial score (nSPS) is 11.9. The van der Waals surface area contributed by atoms with Crippen molar-refractivity contribution < 1.29 is 19.0 Å².